The second kappa shape index (κ2) is 8.15. The van der Waals surface area contributed by atoms with E-state index >= 15 is 0 Å². The first-order chi connectivity index (χ1) is 13.1. The minimum atomic E-state index is -0.437. The van der Waals surface area contributed by atoms with Gasteiger partial charge in [0.1, 0.15) is 12.4 Å². The molecule has 1 heterocycles. The molecule has 0 saturated carbocycles. The van der Waals surface area contributed by atoms with Crippen LogP contribution in [0.1, 0.15) is 27.0 Å². The van der Waals surface area contributed by atoms with Gasteiger partial charge in [-0.25, -0.2) is 0 Å². The molecule has 0 atom stereocenters. The van der Waals surface area contributed by atoms with Crippen molar-refractivity contribution in [3.63, 3.8) is 0 Å². The van der Waals surface area contributed by atoms with Crippen LogP contribution in [0.4, 0.5) is 0 Å². The van der Waals surface area contributed by atoms with Crippen LogP contribution in [-0.2, 0) is 13.0 Å². The molecule has 0 aliphatic heterocycles. The van der Waals surface area contributed by atoms with Crippen LogP contribution in [0.2, 0.25) is 0 Å². The summed E-state index contributed by atoms with van der Waals surface area (Å²) in [5, 5.41) is 8.80. The number of carbonyl (C=O) groups is 1. The third kappa shape index (κ3) is 4.50. The van der Waals surface area contributed by atoms with Crippen molar-refractivity contribution in [2.45, 2.75) is 20.0 Å². The first-order valence-corrected chi connectivity index (χ1v) is 8.51. The Hall–Kier alpha value is -3.65. The van der Waals surface area contributed by atoms with Crippen LogP contribution in [0, 0.1) is 18.3 Å². The summed E-state index contributed by atoms with van der Waals surface area (Å²) in [5.74, 6) is 0.288. The molecule has 0 fully saturated rings. The van der Waals surface area contributed by atoms with Gasteiger partial charge in [-0.3, -0.25) is 9.78 Å². The number of amides is 1. The SMILES string of the molecule is Cc1cc(-c2cc(COc3cccc(CC#N)c3)ccn2)ccc1C(N)=O. The Morgan fingerprint density at radius 2 is 2.00 bits per heavy atom. The van der Waals surface area contributed by atoms with E-state index in [0.29, 0.717) is 18.6 Å². The van der Waals surface area contributed by atoms with Crippen molar-refractivity contribution in [3.8, 4) is 23.1 Å². The van der Waals surface area contributed by atoms with Crippen molar-refractivity contribution >= 4 is 5.91 Å². The lowest BCUT2D eigenvalue weighted by Gasteiger charge is -2.09. The number of pyridine rings is 1. The van der Waals surface area contributed by atoms with Crippen LogP contribution < -0.4 is 10.5 Å². The van der Waals surface area contributed by atoms with Crippen LogP contribution in [0.25, 0.3) is 11.3 Å². The molecule has 0 unspecified atom stereocenters. The molecule has 1 aromatic heterocycles. The monoisotopic (exact) mass is 357 g/mol. The highest BCUT2D eigenvalue weighted by Crippen LogP contribution is 2.22. The van der Waals surface area contributed by atoms with Gasteiger partial charge in [-0.15, -0.1) is 0 Å². The quantitative estimate of drug-likeness (QED) is 0.726. The lowest BCUT2D eigenvalue weighted by molar-refractivity contribution is 0.0999. The fourth-order valence-electron chi connectivity index (χ4n) is 2.82. The van der Waals surface area contributed by atoms with E-state index in [4.69, 9.17) is 15.7 Å². The molecule has 5 heteroatoms. The second-order valence-electron chi connectivity index (χ2n) is 6.21. The van der Waals surface area contributed by atoms with E-state index in [2.05, 4.69) is 11.1 Å². The topological polar surface area (TPSA) is 89.0 Å². The van der Waals surface area contributed by atoms with Crippen molar-refractivity contribution < 1.29 is 9.53 Å². The van der Waals surface area contributed by atoms with Gasteiger partial charge in [0.25, 0.3) is 0 Å². The molecule has 2 N–H and O–H groups in total. The molecule has 0 bridgehead atoms. The van der Waals surface area contributed by atoms with Gasteiger partial charge in [0.05, 0.1) is 18.2 Å². The van der Waals surface area contributed by atoms with Crippen molar-refractivity contribution in [2.75, 3.05) is 0 Å². The summed E-state index contributed by atoms with van der Waals surface area (Å²) in [5.41, 5.74) is 10.3. The molecule has 134 valence electrons. The summed E-state index contributed by atoms with van der Waals surface area (Å²) < 4.78 is 5.85. The summed E-state index contributed by atoms with van der Waals surface area (Å²) in [6.07, 6.45) is 2.09. The Morgan fingerprint density at radius 3 is 2.74 bits per heavy atom. The van der Waals surface area contributed by atoms with Crippen molar-refractivity contribution in [2.24, 2.45) is 5.73 Å². The van der Waals surface area contributed by atoms with Gasteiger partial charge < -0.3 is 10.5 Å². The van der Waals surface area contributed by atoms with Crippen LogP contribution >= 0.6 is 0 Å². The second-order valence-corrected chi connectivity index (χ2v) is 6.21. The number of hydrogen-bond acceptors (Lipinski definition) is 4. The summed E-state index contributed by atoms with van der Waals surface area (Å²) in [6.45, 7) is 2.24. The average Bonchev–Trinajstić information content (AvgIpc) is 2.67. The summed E-state index contributed by atoms with van der Waals surface area (Å²) in [6, 6.07) is 19.0. The van der Waals surface area contributed by atoms with Crippen LogP contribution in [0.5, 0.6) is 5.75 Å². The van der Waals surface area contributed by atoms with Crippen LogP contribution in [0.15, 0.2) is 60.8 Å². The first kappa shape index (κ1) is 18.2. The van der Waals surface area contributed by atoms with Crippen molar-refractivity contribution in [1.29, 1.82) is 5.26 Å². The summed E-state index contributed by atoms with van der Waals surface area (Å²) in [7, 11) is 0. The Bertz CT molecular complexity index is 1020. The zero-order valence-corrected chi connectivity index (χ0v) is 15.0. The standard InChI is InChI=1S/C22H19N3O2/c1-15-11-18(5-6-20(15)22(24)26)21-13-17(8-10-25-21)14-27-19-4-2-3-16(12-19)7-9-23/h2-6,8,10-13H,7,14H2,1H3,(H2,24,26). The molecule has 0 radical (unpaired) electrons. The molecule has 1 amide bonds. The van der Waals surface area contributed by atoms with Gasteiger partial charge >= 0.3 is 0 Å². The van der Waals surface area contributed by atoms with E-state index in [0.717, 1.165) is 33.7 Å². The fourth-order valence-corrected chi connectivity index (χ4v) is 2.82. The Morgan fingerprint density at radius 1 is 1.15 bits per heavy atom. The predicted molar refractivity (Wildman–Crippen MR) is 103 cm³/mol. The predicted octanol–water partition coefficient (Wildman–Crippen LogP) is 3.80. The number of carbonyl (C=O) groups excluding carboxylic acids is 1. The molecular weight excluding hydrogens is 338 g/mol. The van der Waals surface area contributed by atoms with E-state index in [1.54, 1.807) is 12.3 Å². The Kier molecular flexibility index (Phi) is 5.48. The normalized spacial score (nSPS) is 10.2. The third-order valence-corrected chi connectivity index (χ3v) is 4.20. The zero-order chi connectivity index (χ0) is 19.2. The molecule has 5 nitrogen and oxygen atoms in total. The van der Waals surface area contributed by atoms with Crippen molar-refractivity contribution in [1.82, 2.24) is 4.98 Å². The molecule has 0 aliphatic rings. The lowest BCUT2D eigenvalue weighted by Crippen LogP contribution is -2.12. The number of nitrogens with zero attached hydrogens (tertiary/aromatic N) is 2. The molecule has 0 aliphatic carbocycles. The lowest BCUT2D eigenvalue weighted by atomic mass is 10.0. The number of aromatic nitrogens is 1. The fraction of sp³-hybridized carbons (Fsp3) is 0.136. The number of ether oxygens (including phenoxy) is 1. The summed E-state index contributed by atoms with van der Waals surface area (Å²) >= 11 is 0. The largest absolute Gasteiger partial charge is 0.489 e. The maximum atomic E-state index is 11.4. The van der Waals surface area contributed by atoms with E-state index in [1.165, 1.54) is 0 Å². The van der Waals surface area contributed by atoms with Gasteiger partial charge in [0, 0.05) is 17.3 Å². The molecule has 0 spiro atoms. The van der Waals surface area contributed by atoms with Crippen LogP contribution in [-0.4, -0.2) is 10.9 Å². The minimum absolute atomic E-state index is 0.358. The number of rotatable bonds is 6. The van der Waals surface area contributed by atoms with E-state index in [-0.39, 0.29) is 0 Å². The number of aryl methyl sites for hydroxylation is 1. The Balaban J connectivity index is 1.76. The van der Waals surface area contributed by atoms with Gasteiger partial charge in [0.2, 0.25) is 5.91 Å². The highest BCUT2D eigenvalue weighted by molar-refractivity contribution is 5.94. The first-order valence-electron chi connectivity index (χ1n) is 8.51. The third-order valence-electron chi connectivity index (χ3n) is 4.20. The smallest absolute Gasteiger partial charge is 0.248 e. The van der Waals surface area contributed by atoms with Gasteiger partial charge in [-0.2, -0.15) is 5.26 Å². The van der Waals surface area contributed by atoms with Crippen molar-refractivity contribution in [3.05, 3.63) is 83.0 Å². The number of hydrogen-bond donors (Lipinski definition) is 1. The van der Waals surface area contributed by atoms with Gasteiger partial charge in [-0.05, 0) is 60.0 Å². The highest BCUT2D eigenvalue weighted by Gasteiger charge is 2.08. The maximum Gasteiger partial charge on any atom is 0.248 e. The number of nitrogens with two attached hydrogens (primary N) is 1. The molecule has 3 aromatic rings. The van der Waals surface area contributed by atoms with E-state index < -0.39 is 5.91 Å². The average molecular weight is 357 g/mol. The maximum absolute atomic E-state index is 11.4. The molecule has 0 saturated heterocycles. The number of nitriles is 1. The van der Waals surface area contributed by atoms with Gasteiger partial charge in [-0.1, -0.05) is 18.2 Å². The number of benzene rings is 2. The molecule has 2 aromatic carbocycles. The van der Waals surface area contributed by atoms with E-state index in [9.17, 15) is 4.79 Å². The Labute approximate surface area is 158 Å². The van der Waals surface area contributed by atoms with Crippen LogP contribution in [0.3, 0.4) is 0 Å². The zero-order valence-electron chi connectivity index (χ0n) is 15.0. The molecule has 3 rings (SSSR count). The minimum Gasteiger partial charge on any atom is -0.489 e. The molecule has 27 heavy (non-hydrogen) atoms. The van der Waals surface area contributed by atoms with E-state index in [1.807, 2.05) is 55.5 Å². The van der Waals surface area contributed by atoms with Gasteiger partial charge in [0.15, 0.2) is 0 Å². The number of primary amides is 1. The molecular formula is C22H19N3O2. The summed E-state index contributed by atoms with van der Waals surface area (Å²) in [4.78, 5) is 15.8. The highest BCUT2D eigenvalue weighted by atomic mass is 16.5.